The number of hydrogen-bond acceptors (Lipinski definition) is 4. The number of benzene rings is 1. The van der Waals surface area contributed by atoms with Crippen molar-refractivity contribution in [3.63, 3.8) is 0 Å². The van der Waals surface area contributed by atoms with Crippen LogP contribution in [0.3, 0.4) is 0 Å². The van der Waals surface area contributed by atoms with Crippen molar-refractivity contribution in [3.05, 3.63) is 28.7 Å². The van der Waals surface area contributed by atoms with Gasteiger partial charge in [0.05, 0.1) is 23.7 Å². The van der Waals surface area contributed by atoms with Crippen molar-refractivity contribution in [1.29, 1.82) is 0 Å². The van der Waals surface area contributed by atoms with Gasteiger partial charge in [0.1, 0.15) is 0 Å². The summed E-state index contributed by atoms with van der Waals surface area (Å²) in [6, 6.07) is 5.46. The lowest BCUT2D eigenvalue weighted by Gasteiger charge is -2.21. The van der Waals surface area contributed by atoms with Crippen molar-refractivity contribution >= 4 is 16.7 Å². The number of aromatic amines is 2. The maximum absolute atomic E-state index is 11.1. The van der Waals surface area contributed by atoms with Gasteiger partial charge in [0.2, 0.25) is 0 Å². The molecule has 1 aromatic heterocycles. The molecule has 2 rings (SSSR count). The first-order valence-corrected chi connectivity index (χ1v) is 5.32. The van der Waals surface area contributed by atoms with E-state index in [1.165, 1.54) is 0 Å². The van der Waals surface area contributed by atoms with Gasteiger partial charge in [-0.3, -0.25) is 0 Å². The van der Waals surface area contributed by atoms with Gasteiger partial charge in [-0.2, -0.15) is 0 Å². The second-order valence-electron chi connectivity index (χ2n) is 4.03. The molecule has 0 fully saturated rings. The molecule has 0 aliphatic rings. The van der Waals surface area contributed by atoms with Gasteiger partial charge < -0.3 is 25.1 Å². The van der Waals surface area contributed by atoms with E-state index in [0.29, 0.717) is 6.54 Å². The fraction of sp³-hybridized carbons (Fsp3) is 0.364. The van der Waals surface area contributed by atoms with Gasteiger partial charge >= 0.3 is 5.69 Å². The van der Waals surface area contributed by atoms with E-state index < -0.39 is 6.10 Å². The quantitative estimate of drug-likeness (QED) is 0.584. The lowest BCUT2D eigenvalue weighted by molar-refractivity contribution is 0.101. The van der Waals surface area contributed by atoms with E-state index in [-0.39, 0.29) is 12.3 Å². The Balaban J connectivity index is 2.26. The summed E-state index contributed by atoms with van der Waals surface area (Å²) in [5.41, 5.74) is 2.09. The number of nitrogens with zero attached hydrogens (tertiary/aromatic N) is 1. The number of fused-ring (bicyclic) bond motifs is 1. The topological polar surface area (TPSA) is 92.3 Å². The summed E-state index contributed by atoms with van der Waals surface area (Å²) in [4.78, 5) is 18.2. The molecule has 0 aliphatic carbocycles. The largest absolute Gasteiger partial charge is 0.394 e. The number of aromatic nitrogens is 2. The highest BCUT2D eigenvalue weighted by Gasteiger charge is 2.08. The molecule has 92 valence electrons. The Hall–Kier alpha value is -1.79. The summed E-state index contributed by atoms with van der Waals surface area (Å²) in [6.45, 7) is 0.0598. The first kappa shape index (κ1) is 11.7. The molecule has 6 heteroatoms. The molecule has 2 aromatic rings. The van der Waals surface area contributed by atoms with Crippen LogP contribution >= 0.6 is 0 Å². The number of rotatable bonds is 4. The number of likely N-dealkylation sites (N-methyl/N-ethyl adjacent to an activating group) is 1. The first-order valence-electron chi connectivity index (χ1n) is 5.32. The number of aliphatic hydroxyl groups is 2. The smallest absolute Gasteiger partial charge is 0.323 e. The van der Waals surface area contributed by atoms with Crippen LogP contribution in [-0.4, -0.2) is 46.5 Å². The van der Waals surface area contributed by atoms with Crippen LogP contribution in [0, 0.1) is 0 Å². The number of hydrogen-bond donors (Lipinski definition) is 4. The first-order chi connectivity index (χ1) is 8.10. The second-order valence-corrected chi connectivity index (χ2v) is 4.03. The SMILES string of the molecule is CN(CC(O)CO)c1ccc2[nH]c(=O)[nH]c2c1. The van der Waals surface area contributed by atoms with E-state index in [0.717, 1.165) is 16.7 Å². The number of H-pyrrole nitrogens is 2. The maximum atomic E-state index is 11.1. The van der Waals surface area contributed by atoms with Crippen molar-refractivity contribution < 1.29 is 10.2 Å². The molecule has 0 amide bonds. The van der Waals surface area contributed by atoms with E-state index in [2.05, 4.69) is 9.97 Å². The maximum Gasteiger partial charge on any atom is 0.323 e. The minimum atomic E-state index is -0.777. The van der Waals surface area contributed by atoms with Gasteiger partial charge in [0, 0.05) is 19.3 Å². The van der Waals surface area contributed by atoms with E-state index >= 15 is 0 Å². The number of aliphatic hydroxyl groups excluding tert-OH is 2. The molecular weight excluding hydrogens is 222 g/mol. The normalized spacial score (nSPS) is 12.9. The van der Waals surface area contributed by atoms with Gasteiger partial charge in [-0.1, -0.05) is 0 Å². The minimum Gasteiger partial charge on any atom is -0.394 e. The van der Waals surface area contributed by atoms with Crippen LogP contribution in [0.15, 0.2) is 23.0 Å². The van der Waals surface area contributed by atoms with Crippen LogP contribution < -0.4 is 10.6 Å². The van der Waals surface area contributed by atoms with Gasteiger partial charge in [-0.15, -0.1) is 0 Å². The van der Waals surface area contributed by atoms with Gasteiger partial charge in [-0.05, 0) is 18.2 Å². The number of nitrogens with one attached hydrogen (secondary N) is 2. The molecule has 17 heavy (non-hydrogen) atoms. The van der Waals surface area contributed by atoms with E-state index in [1.807, 2.05) is 24.1 Å². The van der Waals surface area contributed by atoms with Crippen molar-refractivity contribution in [2.24, 2.45) is 0 Å². The van der Waals surface area contributed by atoms with E-state index in [9.17, 15) is 9.90 Å². The van der Waals surface area contributed by atoms with Crippen LogP contribution in [-0.2, 0) is 0 Å². The van der Waals surface area contributed by atoms with E-state index in [1.54, 1.807) is 6.07 Å². The zero-order valence-corrected chi connectivity index (χ0v) is 9.47. The monoisotopic (exact) mass is 237 g/mol. The predicted octanol–water partition coefficient (Wildman–Crippen LogP) is -0.354. The van der Waals surface area contributed by atoms with Crippen LogP contribution in [0.1, 0.15) is 0 Å². The van der Waals surface area contributed by atoms with Crippen molar-refractivity contribution in [2.75, 3.05) is 25.1 Å². The fourth-order valence-electron chi connectivity index (χ4n) is 1.74. The summed E-state index contributed by atoms with van der Waals surface area (Å²) in [7, 11) is 1.81. The Labute approximate surface area is 97.5 Å². The summed E-state index contributed by atoms with van der Waals surface area (Å²) < 4.78 is 0. The van der Waals surface area contributed by atoms with Crippen molar-refractivity contribution in [2.45, 2.75) is 6.10 Å². The van der Waals surface area contributed by atoms with E-state index in [4.69, 9.17) is 5.11 Å². The Bertz CT molecular complexity index is 560. The molecule has 0 radical (unpaired) electrons. The molecule has 6 nitrogen and oxygen atoms in total. The lowest BCUT2D eigenvalue weighted by Crippen LogP contribution is -2.31. The van der Waals surface area contributed by atoms with Crippen LogP contribution in [0.5, 0.6) is 0 Å². The molecule has 1 heterocycles. The molecule has 0 spiro atoms. The summed E-state index contributed by atoms with van der Waals surface area (Å²) >= 11 is 0. The molecule has 1 aromatic carbocycles. The average Bonchev–Trinajstić information content (AvgIpc) is 2.67. The predicted molar refractivity (Wildman–Crippen MR) is 65.3 cm³/mol. The van der Waals surface area contributed by atoms with Gasteiger partial charge in [0.15, 0.2) is 0 Å². The second kappa shape index (κ2) is 4.60. The fourth-order valence-corrected chi connectivity index (χ4v) is 1.74. The summed E-state index contributed by atoms with van der Waals surface area (Å²) in [6.07, 6.45) is -0.777. The van der Waals surface area contributed by atoms with Crippen LogP contribution in [0.25, 0.3) is 11.0 Å². The highest BCUT2D eigenvalue weighted by atomic mass is 16.3. The van der Waals surface area contributed by atoms with Gasteiger partial charge in [0.25, 0.3) is 0 Å². The van der Waals surface area contributed by atoms with Crippen LogP contribution in [0.2, 0.25) is 0 Å². The van der Waals surface area contributed by atoms with Crippen molar-refractivity contribution in [1.82, 2.24) is 9.97 Å². The molecule has 0 bridgehead atoms. The highest BCUT2D eigenvalue weighted by molar-refractivity contribution is 5.78. The molecule has 4 N–H and O–H groups in total. The number of anilines is 1. The highest BCUT2D eigenvalue weighted by Crippen LogP contribution is 2.17. The molecule has 0 saturated carbocycles. The Morgan fingerprint density at radius 2 is 2.06 bits per heavy atom. The summed E-state index contributed by atoms with van der Waals surface area (Å²) in [5, 5.41) is 18.1. The molecule has 1 unspecified atom stereocenters. The summed E-state index contributed by atoms with van der Waals surface area (Å²) in [5.74, 6) is 0. The molecule has 1 atom stereocenters. The third-order valence-corrected chi connectivity index (χ3v) is 2.64. The van der Waals surface area contributed by atoms with Gasteiger partial charge in [-0.25, -0.2) is 4.79 Å². The Morgan fingerprint density at radius 1 is 1.35 bits per heavy atom. The standard InChI is InChI=1S/C11H15N3O3/c1-14(5-8(16)6-15)7-2-3-9-10(4-7)13-11(17)12-9/h2-4,8,15-16H,5-6H2,1H3,(H2,12,13,17). The third-order valence-electron chi connectivity index (χ3n) is 2.64. The third kappa shape index (κ3) is 2.48. The zero-order valence-electron chi connectivity index (χ0n) is 9.47. The molecule has 0 aliphatic heterocycles. The lowest BCUT2D eigenvalue weighted by atomic mass is 10.2. The molecular formula is C11H15N3O3. The minimum absolute atomic E-state index is 0.241. The van der Waals surface area contributed by atoms with Crippen molar-refractivity contribution in [3.8, 4) is 0 Å². The number of imidazole rings is 1. The zero-order chi connectivity index (χ0) is 12.4. The van der Waals surface area contributed by atoms with Crippen LogP contribution in [0.4, 0.5) is 5.69 Å². The Morgan fingerprint density at radius 3 is 2.76 bits per heavy atom. The average molecular weight is 237 g/mol. The molecule has 0 saturated heterocycles. The Kier molecular flexibility index (Phi) is 3.16.